The van der Waals surface area contributed by atoms with Gasteiger partial charge in [-0.3, -0.25) is 10.1 Å². The Bertz CT molecular complexity index is 326. The van der Waals surface area contributed by atoms with Crippen molar-refractivity contribution in [3.05, 3.63) is 0 Å². The first-order valence-corrected chi connectivity index (χ1v) is 8.47. The fraction of sp³-hybridized carbons (Fsp3) is 0.857. The summed E-state index contributed by atoms with van der Waals surface area (Å²) in [5.74, 6) is 1.33. The zero-order valence-electron chi connectivity index (χ0n) is 12.4. The average Bonchev–Trinajstić information content (AvgIpc) is 2.41. The number of carbonyl (C=O) groups is 2. The summed E-state index contributed by atoms with van der Waals surface area (Å²) in [6, 6.07) is -0.205. The number of imide groups is 1. The van der Waals surface area contributed by atoms with Gasteiger partial charge in [0, 0.05) is 12.6 Å². The minimum absolute atomic E-state index is 0.120. The second-order valence-electron chi connectivity index (χ2n) is 5.69. The number of aliphatic hydroxyl groups is 1. The first-order valence-electron chi connectivity index (χ1n) is 7.32. The lowest BCUT2D eigenvalue weighted by Gasteiger charge is -2.29. The van der Waals surface area contributed by atoms with Crippen LogP contribution in [0.1, 0.15) is 39.5 Å². The number of amides is 3. The van der Waals surface area contributed by atoms with E-state index in [-0.39, 0.29) is 36.3 Å². The molecular formula is C14H26N2O3S. The fourth-order valence-corrected chi connectivity index (χ4v) is 3.19. The van der Waals surface area contributed by atoms with Crippen molar-refractivity contribution in [2.24, 2.45) is 11.8 Å². The van der Waals surface area contributed by atoms with Crippen molar-refractivity contribution in [3.63, 3.8) is 0 Å². The smallest absolute Gasteiger partial charge is 0.321 e. The van der Waals surface area contributed by atoms with Crippen LogP contribution >= 0.6 is 11.8 Å². The van der Waals surface area contributed by atoms with Crippen LogP contribution in [0.4, 0.5) is 4.79 Å². The number of aliphatic hydroxyl groups excluding tert-OH is 1. The molecule has 0 aromatic rings. The van der Waals surface area contributed by atoms with Crippen LogP contribution in [-0.2, 0) is 4.79 Å². The molecule has 1 rings (SSSR count). The van der Waals surface area contributed by atoms with Gasteiger partial charge < -0.3 is 10.4 Å². The van der Waals surface area contributed by atoms with Crippen LogP contribution in [-0.4, -0.2) is 41.2 Å². The standard InChI is InChI=1S/C14H26N2O3S/c1-10(7-17)8-20-9-13(18)16-14(19)15-12-6-4-3-5-11(12)2/h10-12,17H,3-9H2,1-2H3,(H2,15,16,18,19)/t10-,11-,12+/m1/s1. The van der Waals surface area contributed by atoms with Crippen LogP contribution in [0.3, 0.4) is 0 Å². The molecule has 0 heterocycles. The van der Waals surface area contributed by atoms with Gasteiger partial charge in [0.15, 0.2) is 0 Å². The monoisotopic (exact) mass is 302 g/mol. The summed E-state index contributed by atoms with van der Waals surface area (Å²) in [6.07, 6.45) is 4.48. The molecule has 0 aliphatic heterocycles. The molecule has 0 bridgehead atoms. The van der Waals surface area contributed by atoms with Gasteiger partial charge in [0.05, 0.1) is 5.75 Å². The molecule has 3 N–H and O–H groups in total. The molecule has 6 heteroatoms. The SMILES string of the molecule is C[C@H](CO)CSCC(=O)NC(=O)N[C@H]1CCCC[C@H]1C. The molecular weight excluding hydrogens is 276 g/mol. The molecule has 20 heavy (non-hydrogen) atoms. The third-order valence-corrected chi connectivity index (χ3v) is 4.90. The minimum atomic E-state index is -0.385. The Kier molecular flexibility index (Phi) is 7.99. The maximum atomic E-state index is 11.7. The van der Waals surface area contributed by atoms with E-state index in [9.17, 15) is 9.59 Å². The molecule has 5 nitrogen and oxygen atoms in total. The molecule has 116 valence electrons. The molecule has 0 spiro atoms. The lowest BCUT2D eigenvalue weighted by Crippen LogP contribution is -2.48. The van der Waals surface area contributed by atoms with Gasteiger partial charge in [0.2, 0.25) is 5.91 Å². The van der Waals surface area contributed by atoms with E-state index in [1.165, 1.54) is 18.2 Å². The Hall–Kier alpha value is -0.750. The van der Waals surface area contributed by atoms with Crippen molar-refractivity contribution in [1.82, 2.24) is 10.6 Å². The summed E-state index contributed by atoms with van der Waals surface area (Å²) in [4.78, 5) is 23.3. The normalized spacial score (nSPS) is 23.9. The van der Waals surface area contributed by atoms with Crippen molar-refractivity contribution in [3.8, 4) is 0 Å². The highest BCUT2D eigenvalue weighted by Crippen LogP contribution is 2.23. The highest BCUT2D eigenvalue weighted by atomic mass is 32.2. The molecule has 0 aromatic heterocycles. The highest BCUT2D eigenvalue weighted by Gasteiger charge is 2.23. The Labute approximate surface area is 125 Å². The van der Waals surface area contributed by atoms with E-state index in [1.807, 2.05) is 6.92 Å². The average molecular weight is 302 g/mol. The van der Waals surface area contributed by atoms with E-state index in [2.05, 4.69) is 17.6 Å². The number of hydrogen-bond donors (Lipinski definition) is 3. The van der Waals surface area contributed by atoms with Crippen LogP contribution in [0, 0.1) is 11.8 Å². The maximum Gasteiger partial charge on any atom is 0.321 e. The number of nitrogens with one attached hydrogen (secondary N) is 2. The summed E-state index contributed by atoms with van der Waals surface area (Å²) in [7, 11) is 0. The summed E-state index contributed by atoms with van der Waals surface area (Å²) < 4.78 is 0. The summed E-state index contributed by atoms with van der Waals surface area (Å²) in [5.41, 5.74) is 0. The van der Waals surface area contributed by atoms with E-state index in [0.717, 1.165) is 19.3 Å². The lowest BCUT2D eigenvalue weighted by atomic mass is 9.86. The van der Waals surface area contributed by atoms with Crippen molar-refractivity contribution in [1.29, 1.82) is 0 Å². The lowest BCUT2D eigenvalue weighted by molar-refractivity contribution is -0.117. The maximum absolute atomic E-state index is 11.7. The number of urea groups is 1. The van der Waals surface area contributed by atoms with Crippen LogP contribution in [0.5, 0.6) is 0 Å². The Morgan fingerprint density at radius 3 is 2.70 bits per heavy atom. The topological polar surface area (TPSA) is 78.4 Å². The van der Waals surface area contributed by atoms with Crippen LogP contribution in [0.15, 0.2) is 0 Å². The van der Waals surface area contributed by atoms with Gasteiger partial charge in [0.1, 0.15) is 0 Å². The molecule has 0 aromatic carbocycles. The van der Waals surface area contributed by atoms with Gasteiger partial charge in [-0.25, -0.2) is 4.79 Å². The van der Waals surface area contributed by atoms with Crippen LogP contribution in [0.2, 0.25) is 0 Å². The van der Waals surface area contributed by atoms with Gasteiger partial charge in [-0.15, -0.1) is 0 Å². The predicted molar refractivity (Wildman–Crippen MR) is 81.7 cm³/mol. The third kappa shape index (κ3) is 6.61. The van der Waals surface area contributed by atoms with Gasteiger partial charge in [-0.2, -0.15) is 11.8 Å². The second-order valence-corrected chi connectivity index (χ2v) is 6.72. The molecule has 1 aliphatic rings. The Balaban J connectivity index is 2.19. The molecule has 3 amide bonds. The van der Waals surface area contributed by atoms with E-state index >= 15 is 0 Å². The summed E-state index contributed by atoms with van der Waals surface area (Å²) in [6.45, 7) is 4.18. The molecule has 1 fully saturated rings. The van der Waals surface area contributed by atoms with Crippen molar-refractivity contribution in [2.75, 3.05) is 18.1 Å². The molecule has 3 atom stereocenters. The quantitative estimate of drug-likeness (QED) is 0.698. The Morgan fingerprint density at radius 2 is 2.05 bits per heavy atom. The van der Waals surface area contributed by atoms with E-state index in [4.69, 9.17) is 5.11 Å². The van der Waals surface area contributed by atoms with Crippen molar-refractivity contribution < 1.29 is 14.7 Å². The molecule has 0 unspecified atom stereocenters. The van der Waals surface area contributed by atoms with Gasteiger partial charge >= 0.3 is 6.03 Å². The molecule has 0 saturated heterocycles. The largest absolute Gasteiger partial charge is 0.396 e. The Morgan fingerprint density at radius 1 is 1.35 bits per heavy atom. The predicted octanol–water partition coefficient (Wildman–Crippen LogP) is 1.75. The zero-order chi connectivity index (χ0) is 15.0. The minimum Gasteiger partial charge on any atom is -0.396 e. The summed E-state index contributed by atoms with van der Waals surface area (Å²) >= 11 is 1.43. The number of thioether (sulfide) groups is 1. The van der Waals surface area contributed by atoms with E-state index in [0.29, 0.717) is 11.7 Å². The van der Waals surface area contributed by atoms with Crippen molar-refractivity contribution >= 4 is 23.7 Å². The highest BCUT2D eigenvalue weighted by molar-refractivity contribution is 7.99. The first-order chi connectivity index (χ1) is 9.52. The van der Waals surface area contributed by atoms with E-state index < -0.39 is 0 Å². The fourth-order valence-electron chi connectivity index (χ4n) is 2.30. The second kappa shape index (κ2) is 9.23. The number of carbonyl (C=O) groups excluding carboxylic acids is 2. The summed E-state index contributed by atoms with van der Waals surface area (Å²) in [5, 5.41) is 14.1. The first kappa shape index (κ1) is 17.3. The van der Waals surface area contributed by atoms with Crippen molar-refractivity contribution in [2.45, 2.75) is 45.6 Å². The number of hydrogen-bond acceptors (Lipinski definition) is 4. The molecule has 0 radical (unpaired) electrons. The zero-order valence-corrected chi connectivity index (χ0v) is 13.2. The third-order valence-electron chi connectivity index (χ3n) is 3.63. The van der Waals surface area contributed by atoms with Gasteiger partial charge in [0.25, 0.3) is 0 Å². The molecule has 1 aliphatic carbocycles. The van der Waals surface area contributed by atoms with Gasteiger partial charge in [-0.1, -0.05) is 26.7 Å². The van der Waals surface area contributed by atoms with Gasteiger partial charge in [-0.05, 0) is 30.4 Å². The van der Waals surface area contributed by atoms with Crippen LogP contribution < -0.4 is 10.6 Å². The number of rotatable bonds is 6. The molecule has 1 saturated carbocycles. The van der Waals surface area contributed by atoms with E-state index in [1.54, 1.807) is 0 Å². The van der Waals surface area contributed by atoms with Crippen LogP contribution in [0.25, 0.3) is 0 Å².